The van der Waals surface area contributed by atoms with Crippen molar-refractivity contribution in [2.24, 2.45) is 0 Å². The molecule has 1 fully saturated rings. The lowest BCUT2D eigenvalue weighted by atomic mass is 9.71. The Morgan fingerprint density at radius 2 is 2.04 bits per heavy atom. The number of carbonyl (C=O) groups excluding carboxylic acids is 1. The molecule has 0 radical (unpaired) electrons. The minimum absolute atomic E-state index is 0.0173. The normalized spacial score (nSPS) is 15.4. The minimum Gasteiger partial charge on any atom is -0.347 e. The predicted molar refractivity (Wildman–Crippen MR) is 99.8 cm³/mol. The Balaban J connectivity index is 1.67. The number of rotatable bonds is 6. The fourth-order valence-corrected chi connectivity index (χ4v) is 3.74. The molecule has 0 unspecified atom stereocenters. The number of amides is 1. The molecule has 1 aromatic carbocycles. The van der Waals surface area contributed by atoms with Gasteiger partial charge in [0.05, 0.1) is 5.54 Å². The SMILES string of the molecule is CSc1nc(C)c(CCC(=O)NC2(c3ccccc3)CCC2)c(=O)[nH]1. The molecule has 1 saturated carbocycles. The third-order valence-corrected chi connectivity index (χ3v) is 5.49. The maximum Gasteiger partial charge on any atom is 0.254 e. The first-order valence-corrected chi connectivity index (χ1v) is 9.77. The lowest BCUT2D eigenvalue weighted by Crippen LogP contribution is -2.50. The van der Waals surface area contributed by atoms with Gasteiger partial charge in [-0.25, -0.2) is 4.98 Å². The van der Waals surface area contributed by atoms with E-state index in [1.165, 1.54) is 11.8 Å². The Morgan fingerprint density at radius 1 is 1.32 bits per heavy atom. The standard InChI is InChI=1S/C19H23N3O2S/c1-13-15(17(24)21-18(20-13)25-2)9-10-16(23)22-19(11-6-12-19)14-7-4-3-5-8-14/h3-5,7-8H,6,9-12H2,1-2H3,(H,22,23)(H,20,21,24). The summed E-state index contributed by atoms with van der Waals surface area (Å²) in [4.78, 5) is 31.8. The number of nitrogens with zero attached hydrogens (tertiary/aromatic N) is 1. The quantitative estimate of drug-likeness (QED) is 0.616. The maximum absolute atomic E-state index is 12.5. The van der Waals surface area contributed by atoms with Gasteiger partial charge in [0, 0.05) is 17.7 Å². The van der Waals surface area contributed by atoms with Crippen molar-refractivity contribution in [2.45, 2.75) is 49.7 Å². The first-order chi connectivity index (χ1) is 12.0. The molecule has 3 rings (SSSR count). The number of carbonyl (C=O) groups is 1. The van der Waals surface area contributed by atoms with Gasteiger partial charge < -0.3 is 10.3 Å². The van der Waals surface area contributed by atoms with E-state index in [9.17, 15) is 9.59 Å². The number of H-pyrrole nitrogens is 1. The molecule has 1 amide bonds. The fraction of sp³-hybridized carbons (Fsp3) is 0.421. The molecule has 1 aliphatic rings. The smallest absolute Gasteiger partial charge is 0.254 e. The van der Waals surface area contributed by atoms with E-state index >= 15 is 0 Å². The van der Waals surface area contributed by atoms with E-state index in [4.69, 9.17) is 0 Å². The van der Waals surface area contributed by atoms with E-state index in [-0.39, 0.29) is 17.0 Å². The third kappa shape index (κ3) is 3.79. The van der Waals surface area contributed by atoms with Crippen LogP contribution in [0.5, 0.6) is 0 Å². The van der Waals surface area contributed by atoms with Crippen LogP contribution in [0.3, 0.4) is 0 Å². The summed E-state index contributed by atoms with van der Waals surface area (Å²) in [5.41, 5.74) is 2.07. The lowest BCUT2D eigenvalue weighted by molar-refractivity contribution is -0.124. The molecule has 0 aliphatic heterocycles. The van der Waals surface area contributed by atoms with Crippen molar-refractivity contribution < 1.29 is 4.79 Å². The van der Waals surface area contributed by atoms with Gasteiger partial charge in [-0.15, -0.1) is 0 Å². The van der Waals surface area contributed by atoms with Gasteiger partial charge in [0.1, 0.15) is 0 Å². The number of aromatic amines is 1. The van der Waals surface area contributed by atoms with Crippen LogP contribution in [-0.4, -0.2) is 22.1 Å². The van der Waals surface area contributed by atoms with Gasteiger partial charge >= 0.3 is 0 Å². The molecule has 0 spiro atoms. The van der Waals surface area contributed by atoms with Crippen molar-refractivity contribution in [3.8, 4) is 0 Å². The Kier molecular flexibility index (Phi) is 5.27. The minimum atomic E-state index is -0.235. The first kappa shape index (κ1) is 17.7. The molecule has 1 aliphatic carbocycles. The molecule has 0 atom stereocenters. The highest BCUT2D eigenvalue weighted by atomic mass is 32.2. The maximum atomic E-state index is 12.5. The summed E-state index contributed by atoms with van der Waals surface area (Å²) in [6, 6.07) is 10.1. The molecule has 1 aromatic heterocycles. The summed E-state index contributed by atoms with van der Waals surface area (Å²) in [6.07, 6.45) is 5.61. The number of hydrogen-bond acceptors (Lipinski definition) is 4. The second-order valence-corrected chi connectivity index (χ2v) is 7.28. The molecule has 25 heavy (non-hydrogen) atoms. The lowest BCUT2D eigenvalue weighted by Gasteiger charge is -2.43. The van der Waals surface area contributed by atoms with Crippen molar-refractivity contribution in [3.63, 3.8) is 0 Å². The van der Waals surface area contributed by atoms with E-state index in [0.717, 1.165) is 24.8 Å². The summed E-state index contributed by atoms with van der Waals surface area (Å²) < 4.78 is 0. The van der Waals surface area contributed by atoms with Gasteiger partial charge in [0.25, 0.3) is 5.56 Å². The summed E-state index contributed by atoms with van der Waals surface area (Å²) in [6.45, 7) is 1.82. The Morgan fingerprint density at radius 3 is 2.60 bits per heavy atom. The van der Waals surface area contributed by atoms with Crippen molar-refractivity contribution in [2.75, 3.05) is 6.26 Å². The zero-order valence-electron chi connectivity index (χ0n) is 14.6. The van der Waals surface area contributed by atoms with Crippen LogP contribution in [0.4, 0.5) is 0 Å². The van der Waals surface area contributed by atoms with Crippen LogP contribution in [0, 0.1) is 6.92 Å². The molecular formula is C19H23N3O2S. The van der Waals surface area contributed by atoms with Crippen LogP contribution in [0.15, 0.2) is 40.3 Å². The molecule has 0 saturated heterocycles. The van der Waals surface area contributed by atoms with Crippen molar-refractivity contribution in [1.82, 2.24) is 15.3 Å². The largest absolute Gasteiger partial charge is 0.347 e. The summed E-state index contributed by atoms with van der Waals surface area (Å²) in [5.74, 6) is -0.0173. The monoisotopic (exact) mass is 357 g/mol. The van der Waals surface area contributed by atoms with Crippen LogP contribution in [0.2, 0.25) is 0 Å². The molecule has 1 heterocycles. The molecular weight excluding hydrogens is 334 g/mol. The number of aryl methyl sites for hydroxylation is 1. The van der Waals surface area contributed by atoms with Crippen LogP contribution >= 0.6 is 11.8 Å². The number of hydrogen-bond donors (Lipinski definition) is 2. The Labute approximate surface area is 151 Å². The predicted octanol–water partition coefficient (Wildman–Crippen LogP) is 2.93. The number of thioether (sulfide) groups is 1. The van der Waals surface area contributed by atoms with E-state index in [2.05, 4.69) is 27.4 Å². The van der Waals surface area contributed by atoms with Crippen LogP contribution in [0.25, 0.3) is 0 Å². The zero-order valence-corrected chi connectivity index (χ0v) is 15.4. The van der Waals surface area contributed by atoms with Gasteiger partial charge in [0.15, 0.2) is 5.16 Å². The van der Waals surface area contributed by atoms with Crippen molar-refractivity contribution in [3.05, 3.63) is 57.5 Å². The highest BCUT2D eigenvalue weighted by Gasteiger charge is 2.39. The number of aromatic nitrogens is 2. The Hall–Kier alpha value is -2.08. The van der Waals surface area contributed by atoms with Gasteiger partial charge in [-0.3, -0.25) is 9.59 Å². The second-order valence-electron chi connectivity index (χ2n) is 6.49. The molecule has 5 nitrogen and oxygen atoms in total. The first-order valence-electron chi connectivity index (χ1n) is 8.54. The van der Waals surface area contributed by atoms with Gasteiger partial charge in [-0.05, 0) is 44.4 Å². The van der Waals surface area contributed by atoms with Crippen LogP contribution in [-0.2, 0) is 16.8 Å². The molecule has 0 bridgehead atoms. The van der Waals surface area contributed by atoms with E-state index in [1.54, 1.807) is 0 Å². The molecule has 2 aromatic rings. The number of benzene rings is 1. The summed E-state index contributed by atoms with van der Waals surface area (Å²) in [7, 11) is 0. The Bertz CT molecular complexity index is 813. The molecule has 132 valence electrons. The third-order valence-electron chi connectivity index (χ3n) is 4.91. The fourth-order valence-electron chi connectivity index (χ4n) is 3.32. The van der Waals surface area contributed by atoms with Crippen LogP contribution < -0.4 is 10.9 Å². The van der Waals surface area contributed by atoms with Gasteiger partial charge in [-0.2, -0.15) is 0 Å². The average Bonchev–Trinajstić information content (AvgIpc) is 2.58. The topological polar surface area (TPSA) is 74.8 Å². The van der Waals surface area contributed by atoms with E-state index in [1.807, 2.05) is 31.4 Å². The number of nitrogens with one attached hydrogen (secondary N) is 2. The van der Waals surface area contributed by atoms with Crippen LogP contribution in [0.1, 0.15) is 42.5 Å². The summed E-state index contributed by atoms with van der Waals surface area (Å²) >= 11 is 1.40. The van der Waals surface area contributed by atoms with Crippen molar-refractivity contribution >= 4 is 17.7 Å². The van der Waals surface area contributed by atoms with Gasteiger partial charge in [0.2, 0.25) is 5.91 Å². The highest BCUT2D eigenvalue weighted by Crippen LogP contribution is 2.41. The second kappa shape index (κ2) is 7.44. The van der Waals surface area contributed by atoms with E-state index < -0.39 is 0 Å². The van der Waals surface area contributed by atoms with E-state index in [0.29, 0.717) is 29.3 Å². The van der Waals surface area contributed by atoms with Gasteiger partial charge in [-0.1, -0.05) is 42.1 Å². The highest BCUT2D eigenvalue weighted by molar-refractivity contribution is 7.98. The molecule has 2 N–H and O–H groups in total. The molecule has 6 heteroatoms. The average molecular weight is 357 g/mol. The zero-order chi connectivity index (χ0) is 17.9. The van der Waals surface area contributed by atoms with Crippen molar-refractivity contribution in [1.29, 1.82) is 0 Å². The summed E-state index contributed by atoms with van der Waals surface area (Å²) in [5, 5.41) is 3.81.